The molecule has 1 aromatic rings. The van der Waals surface area contributed by atoms with Gasteiger partial charge in [-0.3, -0.25) is 4.79 Å². The molecule has 1 aliphatic heterocycles. The summed E-state index contributed by atoms with van der Waals surface area (Å²) < 4.78 is 37.5. The van der Waals surface area contributed by atoms with Crippen LogP contribution >= 0.6 is 11.6 Å². The number of alkyl halides is 3. The van der Waals surface area contributed by atoms with Gasteiger partial charge in [0, 0.05) is 38.3 Å². The number of anilines is 1. The predicted octanol–water partition coefficient (Wildman–Crippen LogP) is 2.51. The minimum atomic E-state index is -4.49. The Morgan fingerprint density at radius 1 is 1.52 bits per heavy atom. The van der Waals surface area contributed by atoms with Gasteiger partial charge >= 0.3 is 6.18 Å². The van der Waals surface area contributed by atoms with Crippen LogP contribution in [0.4, 0.5) is 19.0 Å². The third-order valence-corrected chi connectivity index (χ3v) is 3.90. The summed E-state index contributed by atoms with van der Waals surface area (Å²) in [7, 11) is 0. The Morgan fingerprint density at radius 3 is 2.87 bits per heavy atom. The van der Waals surface area contributed by atoms with E-state index in [0.717, 1.165) is 18.9 Å². The first-order chi connectivity index (χ1) is 10.8. The number of pyridine rings is 1. The van der Waals surface area contributed by atoms with Gasteiger partial charge in [-0.15, -0.1) is 0 Å². The Balaban J connectivity index is 1.85. The molecule has 1 aliphatic rings. The van der Waals surface area contributed by atoms with Crippen molar-refractivity contribution in [2.45, 2.75) is 31.5 Å². The Bertz CT molecular complexity index is 567. The van der Waals surface area contributed by atoms with Crippen LogP contribution in [0.2, 0.25) is 5.02 Å². The van der Waals surface area contributed by atoms with Crippen molar-refractivity contribution in [3.05, 3.63) is 22.8 Å². The number of hydrogen-bond donors (Lipinski definition) is 2. The smallest absolute Gasteiger partial charge is 0.368 e. The topological polar surface area (TPSA) is 71.2 Å². The van der Waals surface area contributed by atoms with E-state index in [1.807, 2.05) is 0 Å². The number of rotatable bonds is 4. The highest BCUT2D eigenvalue weighted by molar-refractivity contribution is 6.32. The first-order valence-electron chi connectivity index (χ1n) is 7.27. The molecule has 128 valence electrons. The van der Waals surface area contributed by atoms with E-state index in [-0.39, 0.29) is 35.8 Å². The van der Waals surface area contributed by atoms with Crippen LogP contribution in [0.1, 0.15) is 24.8 Å². The van der Waals surface area contributed by atoms with Gasteiger partial charge in [-0.1, -0.05) is 11.6 Å². The number of carbonyl (C=O) groups is 1. The maximum atomic E-state index is 12.5. The molecule has 0 spiro atoms. The molecular weight excluding hydrogens is 333 g/mol. The maximum absolute atomic E-state index is 12.5. The second kappa shape index (κ2) is 7.35. The minimum Gasteiger partial charge on any atom is -0.368 e. The largest absolute Gasteiger partial charge is 0.417 e. The van der Waals surface area contributed by atoms with Crippen molar-refractivity contribution in [2.24, 2.45) is 5.73 Å². The van der Waals surface area contributed by atoms with Gasteiger partial charge < -0.3 is 16.0 Å². The fourth-order valence-corrected chi connectivity index (χ4v) is 2.64. The molecule has 1 saturated heterocycles. The standard InChI is InChI=1S/C14H18ClF3N4O/c15-11-6-9(14(16,17)18)7-21-13(11)20-4-3-12(23)22-5-1-2-10(19)8-22/h6-7,10H,1-5,8,19H2,(H,20,21)/t10-/m1/s1. The zero-order valence-corrected chi connectivity index (χ0v) is 13.1. The second-order valence-electron chi connectivity index (χ2n) is 5.47. The number of nitrogens with zero attached hydrogens (tertiary/aromatic N) is 2. The van der Waals surface area contributed by atoms with Gasteiger partial charge in [0.15, 0.2) is 0 Å². The number of likely N-dealkylation sites (tertiary alicyclic amines) is 1. The van der Waals surface area contributed by atoms with Crippen LogP contribution in [0.3, 0.4) is 0 Å². The maximum Gasteiger partial charge on any atom is 0.417 e. The van der Waals surface area contributed by atoms with E-state index < -0.39 is 11.7 Å². The van der Waals surface area contributed by atoms with Gasteiger partial charge in [0.25, 0.3) is 0 Å². The van der Waals surface area contributed by atoms with Crippen LogP contribution < -0.4 is 11.1 Å². The first kappa shape index (κ1) is 17.8. The monoisotopic (exact) mass is 350 g/mol. The second-order valence-corrected chi connectivity index (χ2v) is 5.88. The molecule has 2 heterocycles. The highest BCUT2D eigenvalue weighted by Crippen LogP contribution is 2.32. The molecular formula is C14H18ClF3N4O. The quantitative estimate of drug-likeness (QED) is 0.875. The van der Waals surface area contributed by atoms with Crippen LogP contribution in [0, 0.1) is 0 Å². The van der Waals surface area contributed by atoms with E-state index in [2.05, 4.69) is 10.3 Å². The van der Waals surface area contributed by atoms with Gasteiger partial charge in [-0.25, -0.2) is 4.98 Å². The van der Waals surface area contributed by atoms with E-state index in [9.17, 15) is 18.0 Å². The summed E-state index contributed by atoms with van der Waals surface area (Å²) in [6, 6.07) is 0.814. The summed E-state index contributed by atoms with van der Waals surface area (Å²) in [5.41, 5.74) is 4.91. The summed E-state index contributed by atoms with van der Waals surface area (Å²) in [6.07, 6.45) is -1.79. The number of carbonyl (C=O) groups excluding carboxylic acids is 1. The van der Waals surface area contributed by atoms with Crippen LogP contribution in [-0.2, 0) is 11.0 Å². The molecule has 23 heavy (non-hydrogen) atoms. The molecule has 0 bridgehead atoms. The summed E-state index contributed by atoms with van der Waals surface area (Å²) in [6.45, 7) is 1.46. The molecule has 0 radical (unpaired) electrons. The van der Waals surface area contributed by atoms with Crippen molar-refractivity contribution in [3.63, 3.8) is 0 Å². The van der Waals surface area contributed by atoms with Gasteiger partial charge in [0.05, 0.1) is 10.6 Å². The molecule has 0 aliphatic carbocycles. The van der Waals surface area contributed by atoms with Crippen molar-refractivity contribution >= 4 is 23.3 Å². The molecule has 5 nitrogen and oxygen atoms in total. The third kappa shape index (κ3) is 4.97. The molecule has 1 fully saturated rings. The highest BCUT2D eigenvalue weighted by atomic mass is 35.5. The van der Waals surface area contributed by atoms with Crippen LogP contribution in [-0.4, -0.2) is 41.5 Å². The normalized spacial score (nSPS) is 18.8. The number of amides is 1. The third-order valence-electron chi connectivity index (χ3n) is 3.61. The van der Waals surface area contributed by atoms with Crippen LogP contribution in [0.5, 0.6) is 0 Å². The molecule has 1 aromatic heterocycles. The molecule has 1 amide bonds. The fraction of sp³-hybridized carbons (Fsp3) is 0.571. The fourth-order valence-electron chi connectivity index (χ4n) is 2.41. The summed E-state index contributed by atoms with van der Waals surface area (Å²) in [5.74, 6) is 0.0819. The Morgan fingerprint density at radius 2 is 2.26 bits per heavy atom. The molecule has 0 unspecified atom stereocenters. The number of piperidine rings is 1. The molecule has 0 saturated carbocycles. The molecule has 0 aromatic carbocycles. The lowest BCUT2D eigenvalue weighted by Crippen LogP contribution is -2.46. The molecule has 2 rings (SSSR count). The van der Waals surface area contributed by atoms with Gasteiger partial charge in [-0.2, -0.15) is 13.2 Å². The number of halogens is 4. The number of nitrogens with two attached hydrogens (primary N) is 1. The van der Waals surface area contributed by atoms with Gasteiger partial charge in [0.1, 0.15) is 5.82 Å². The Hall–Kier alpha value is -1.54. The van der Waals surface area contributed by atoms with Crippen molar-refractivity contribution in [1.29, 1.82) is 0 Å². The van der Waals surface area contributed by atoms with Crippen molar-refractivity contribution in [1.82, 2.24) is 9.88 Å². The zero-order chi connectivity index (χ0) is 17.0. The SMILES string of the molecule is N[C@@H]1CCCN(C(=O)CCNc2ncc(C(F)(F)F)cc2Cl)C1. The van der Waals surface area contributed by atoms with E-state index >= 15 is 0 Å². The lowest BCUT2D eigenvalue weighted by atomic mass is 10.1. The Labute approximate surface area is 137 Å². The predicted molar refractivity (Wildman–Crippen MR) is 81.1 cm³/mol. The average Bonchev–Trinajstić information content (AvgIpc) is 2.47. The molecule has 3 N–H and O–H groups in total. The number of aromatic nitrogens is 1. The average molecular weight is 351 g/mol. The molecule has 1 atom stereocenters. The minimum absolute atomic E-state index is 0.00619. The van der Waals surface area contributed by atoms with Crippen molar-refractivity contribution in [3.8, 4) is 0 Å². The lowest BCUT2D eigenvalue weighted by Gasteiger charge is -2.30. The van der Waals surface area contributed by atoms with Crippen molar-refractivity contribution in [2.75, 3.05) is 25.0 Å². The molecule has 9 heteroatoms. The van der Waals surface area contributed by atoms with E-state index in [1.54, 1.807) is 4.90 Å². The van der Waals surface area contributed by atoms with Crippen molar-refractivity contribution < 1.29 is 18.0 Å². The zero-order valence-electron chi connectivity index (χ0n) is 12.4. The van der Waals surface area contributed by atoms with E-state index in [1.165, 1.54) is 0 Å². The van der Waals surface area contributed by atoms with Gasteiger partial charge in [0.2, 0.25) is 5.91 Å². The summed E-state index contributed by atoms with van der Waals surface area (Å²) >= 11 is 5.78. The first-order valence-corrected chi connectivity index (χ1v) is 7.65. The van der Waals surface area contributed by atoms with E-state index in [4.69, 9.17) is 17.3 Å². The summed E-state index contributed by atoms with van der Waals surface area (Å²) in [5, 5.41) is 2.65. The van der Waals surface area contributed by atoms with Gasteiger partial charge in [-0.05, 0) is 18.9 Å². The van der Waals surface area contributed by atoms with Crippen LogP contribution in [0.25, 0.3) is 0 Å². The number of nitrogens with one attached hydrogen (secondary N) is 1. The van der Waals surface area contributed by atoms with E-state index in [0.29, 0.717) is 19.3 Å². The summed E-state index contributed by atoms with van der Waals surface area (Å²) in [4.78, 5) is 17.4. The number of hydrogen-bond acceptors (Lipinski definition) is 4. The van der Waals surface area contributed by atoms with Crippen LogP contribution in [0.15, 0.2) is 12.3 Å². The highest BCUT2D eigenvalue weighted by Gasteiger charge is 2.31. The Kier molecular flexibility index (Phi) is 5.69. The lowest BCUT2D eigenvalue weighted by molar-refractivity contribution is -0.137.